The molecule has 1 fully saturated rings. The van der Waals surface area contributed by atoms with Gasteiger partial charge in [-0.15, -0.1) is 0 Å². The highest BCUT2D eigenvalue weighted by atomic mass is 32.2. The SMILES string of the molecule is CC(C)(O)C(=O)SCCNC(=O)CCNC(=O)C(O)C(C)(C)COP(=O)([O-])OP(=O)([O-])OCC1OC(n2cnc3c(N)ncnc32)C(O)C1OP(=O)([O-])[O-]. The molecule has 7 unspecified atom stereocenters. The van der Waals surface area contributed by atoms with E-state index in [-0.39, 0.29) is 42.2 Å². The second-order valence-electron chi connectivity index (χ2n) is 12.7. The molecule has 25 nitrogen and oxygen atoms in total. The number of ether oxygens (including phenoxy) is 1. The molecule has 2 amide bonds. The lowest BCUT2D eigenvalue weighted by atomic mass is 9.87. The maximum atomic E-state index is 12.5. The van der Waals surface area contributed by atoms with Gasteiger partial charge in [-0.25, -0.2) is 19.3 Å². The van der Waals surface area contributed by atoms with E-state index in [1.165, 1.54) is 27.7 Å². The predicted molar refractivity (Wildman–Crippen MR) is 175 cm³/mol. The molecule has 7 atom stereocenters. The molecule has 3 heterocycles. The Morgan fingerprint density at radius 2 is 1.70 bits per heavy atom. The number of carbonyl (C=O) groups is 3. The zero-order chi connectivity index (χ0) is 40.9. The van der Waals surface area contributed by atoms with Crippen molar-refractivity contribution >= 4 is 69.1 Å². The normalized spacial score (nSPS) is 22.4. The summed E-state index contributed by atoms with van der Waals surface area (Å²) in [5.41, 5.74) is 2.50. The van der Waals surface area contributed by atoms with Crippen molar-refractivity contribution in [2.75, 3.05) is 37.8 Å². The summed E-state index contributed by atoms with van der Waals surface area (Å²) in [4.78, 5) is 95.4. The highest BCUT2D eigenvalue weighted by molar-refractivity contribution is 8.13. The molecule has 1 aliphatic rings. The van der Waals surface area contributed by atoms with Gasteiger partial charge in [0.05, 0.1) is 27.4 Å². The van der Waals surface area contributed by atoms with E-state index < -0.39 is 95.3 Å². The number of phosphoric ester groups is 3. The summed E-state index contributed by atoms with van der Waals surface area (Å²) in [6.07, 6.45) is -7.69. The minimum atomic E-state index is -5.92. The average molecular weight is 850 g/mol. The fourth-order valence-electron chi connectivity index (χ4n) is 4.43. The summed E-state index contributed by atoms with van der Waals surface area (Å²) in [6.45, 7) is 2.53. The summed E-state index contributed by atoms with van der Waals surface area (Å²) < 4.78 is 60.3. The molecule has 1 saturated heterocycles. The standard InChI is InChI=1S/C25H42N7O18P3S/c1-24(2,18(35)21(36)28-6-5-14(33)27-7-8-54-23(37)25(3,4)38)10-47-53(44,45)50-52(42,43)46-9-13-17(49-51(39,40)41)16(34)22(48-13)32-12-31-15-19(26)29-11-30-20(15)32/h11-13,16-18,22,34-35,38H,5-10H2,1-4H3,(H,27,33)(H,28,36)(H,42,43)(H,44,45)(H2,26,29,30)(H2,39,40,41)/p-4. The zero-order valence-corrected chi connectivity index (χ0v) is 32.4. The van der Waals surface area contributed by atoms with Crippen LogP contribution in [-0.2, 0) is 50.7 Å². The quantitative estimate of drug-likeness (QED) is 0.0545. The molecule has 0 radical (unpaired) electrons. The van der Waals surface area contributed by atoms with Crippen molar-refractivity contribution in [2.24, 2.45) is 5.41 Å². The van der Waals surface area contributed by atoms with Crippen molar-refractivity contribution in [3.05, 3.63) is 12.7 Å². The number of amides is 2. The van der Waals surface area contributed by atoms with E-state index in [9.17, 15) is 63.0 Å². The summed E-state index contributed by atoms with van der Waals surface area (Å²) in [5, 5.41) is 35.1. The van der Waals surface area contributed by atoms with Crippen LogP contribution in [-0.4, -0.2) is 114 Å². The number of imidazole rings is 1. The van der Waals surface area contributed by atoms with E-state index in [0.29, 0.717) is 0 Å². The van der Waals surface area contributed by atoms with E-state index >= 15 is 0 Å². The summed E-state index contributed by atoms with van der Waals surface area (Å²) >= 11 is 0.815. The smallest absolute Gasteiger partial charge is 0.274 e. The van der Waals surface area contributed by atoms with Crippen LogP contribution in [0.3, 0.4) is 0 Å². The van der Waals surface area contributed by atoms with Crippen LogP contribution in [0.15, 0.2) is 12.7 Å². The van der Waals surface area contributed by atoms with Gasteiger partial charge in [0.15, 0.2) is 17.7 Å². The van der Waals surface area contributed by atoms with Crippen LogP contribution in [0.25, 0.3) is 11.2 Å². The number of nitrogens with zero attached hydrogens (tertiary/aromatic N) is 4. The number of carbonyl (C=O) groups excluding carboxylic acids is 3. The number of aliphatic hydroxyl groups excluding tert-OH is 2. The van der Waals surface area contributed by atoms with E-state index in [0.717, 1.165) is 29.0 Å². The number of aliphatic hydroxyl groups is 3. The van der Waals surface area contributed by atoms with E-state index in [2.05, 4.69) is 43.5 Å². The molecular formula is C25H38N7O18P3S-4. The Balaban J connectivity index is 1.51. The number of fused-ring (bicyclic) bond motifs is 1. The third kappa shape index (κ3) is 13.3. The average Bonchev–Trinajstić information content (AvgIpc) is 3.60. The lowest BCUT2D eigenvalue weighted by molar-refractivity contribution is -0.347. The lowest BCUT2D eigenvalue weighted by Gasteiger charge is -2.36. The number of anilines is 1. The molecule has 0 spiro atoms. The van der Waals surface area contributed by atoms with Crippen LogP contribution in [0, 0.1) is 5.41 Å². The summed E-state index contributed by atoms with van der Waals surface area (Å²) in [5.74, 6) is -1.46. The van der Waals surface area contributed by atoms with Crippen molar-refractivity contribution in [3.63, 3.8) is 0 Å². The summed E-state index contributed by atoms with van der Waals surface area (Å²) in [7, 11) is -17.6. The van der Waals surface area contributed by atoms with Gasteiger partial charge in [-0.2, -0.15) is 0 Å². The van der Waals surface area contributed by atoms with Gasteiger partial charge in [-0.05, 0) is 13.8 Å². The van der Waals surface area contributed by atoms with Crippen molar-refractivity contribution < 1.29 is 85.6 Å². The van der Waals surface area contributed by atoms with Crippen molar-refractivity contribution in [3.8, 4) is 0 Å². The molecule has 2 aromatic heterocycles. The molecule has 29 heteroatoms. The van der Waals surface area contributed by atoms with Crippen molar-refractivity contribution in [1.82, 2.24) is 30.2 Å². The van der Waals surface area contributed by atoms with Gasteiger partial charge < -0.3 is 74.1 Å². The number of rotatable bonds is 20. The molecule has 7 N–H and O–H groups in total. The van der Waals surface area contributed by atoms with Crippen LogP contribution >= 0.6 is 35.2 Å². The third-order valence-electron chi connectivity index (χ3n) is 7.21. The Kier molecular flexibility index (Phi) is 15.5. The Morgan fingerprint density at radius 3 is 2.33 bits per heavy atom. The van der Waals surface area contributed by atoms with Crippen LogP contribution in [0.4, 0.5) is 5.82 Å². The molecule has 3 rings (SSSR count). The van der Waals surface area contributed by atoms with Gasteiger partial charge in [-0.3, -0.25) is 28.1 Å². The first kappa shape index (κ1) is 45.9. The molecule has 0 aliphatic carbocycles. The van der Waals surface area contributed by atoms with Crippen LogP contribution in [0.2, 0.25) is 0 Å². The number of nitrogen functional groups attached to an aromatic ring is 1. The molecule has 1 aliphatic heterocycles. The van der Waals surface area contributed by atoms with E-state index in [4.69, 9.17) is 10.5 Å². The number of aromatic nitrogens is 4. The molecule has 0 bridgehead atoms. The molecule has 54 heavy (non-hydrogen) atoms. The maximum Gasteiger partial charge on any atom is 0.274 e. The highest BCUT2D eigenvalue weighted by Crippen LogP contribution is 2.56. The van der Waals surface area contributed by atoms with Gasteiger partial charge in [0, 0.05) is 30.7 Å². The molecular weight excluding hydrogens is 811 g/mol. The monoisotopic (exact) mass is 849 g/mol. The van der Waals surface area contributed by atoms with Crippen LogP contribution in [0.1, 0.15) is 40.3 Å². The first-order chi connectivity index (χ1) is 24.7. The Labute approximate surface area is 310 Å². The number of nitrogens with one attached hydrogen (secondary N) is 2. The minimum Gasteiger partial charge on any atom is -0.790 e. The second kappa shape index (κ2) is 18.2. The fraction of sp³-hybridized carbons (Fsp3) is 0.680. The first-order valence-electron chi connectivity index (χ1n) is 15.4. The minimum absolute atomic E-state index is 0.0271. The van der Waals surface area contributed by atoms with Crippen LogP contribution < -0.4 is 35.9 Å². The van der Waals surface area contributed by atoms with Gasteiger partial charge >= 0.3 is 0 Å². The molecule has 306 valence electrons. The van der Waals surface area contributed by atoms with Gasteiger partial charge in [0.2, 0.25) is 16.9 Å². The molecule has 2 aromatic rings. The van der Waals surface area contributed by atoms with Gasteiger partial charge in [-0.1, -0.05) is 25.6 Å². The number of hydrogen-bond donors (Lipinski definition) is 6. The predicted octanol–water partition coefficient (Wildman–Crippen LogP) is -4.09. The largest absolute Gasteiger partial charge is 0.790 e. The fourth-order valence-corrected chi connectivity index (χ4v) is 7.91. The number of nitrogens with two attached hydrogens (primary N) is 1. The topological polar surface area (TPSA) is 395 Å². The third-order valence-corrected chi connectivity index (χ3v) is 11.4. The van der Waals surface area contributed by atoms with E-state index in [1.54, 1.807) is 0 Å². The first-order valence-corrected chi connectivity index (χ1v) is 20.8. The zero-order valence-electron chi connectivity index (χ0n) is 28.9. The molecule has 0 aromatic carbocycles. The van der Waals surface area contributed by atoms with Gasteiger partial charge in [0.1, 0.15) is 41.9 Å². The van der Waals surface area contributed by atoms with E-state index in [1.807, 2.05) is 0 Å². The Hall–Kier alpha value is -2.48. The Bertz CT molecular complexity index is 1810. The summed E-state index contributed by atoms with van der Waals surface area (Å²) in [6, 6.07) is 0. The Morgan fingerprint density at radius 1 is 1.06 bits per heavy atom. The van der Waals surface area contributed by atoms with Gasteiger partial charge in [0.25, 0.3) is 15.6 Å². The van der Waals surface area contributed by atoms with Crippen molar-refractivity contribution in [1.29, 1.82) is 0 Å². The highest BCUT2D eigenvalue weighted by Gasteiger charge is 2.47. The van der Waals surface area contributed by atoms with Crippen LogP contribution in [0.5, 0.6) is 0 Å². The maximum absolute atomic E-state index is 12.5. The molecule has 0 saturated carbocycles. The number of hydrogen-bond acceptors (Lipinski definition) is 23. The second-order valence-corrected chi connectivity index (χ2v) is 17.8. The van der Waals surface area contributed by atoms with Crippen molar-refractivity contribution in [2.45, 2.75) is 70.4 Å². The number of thioether (sulfide) groups is 1. The number of phosphoric acid groups is 3. The lowest BCUT2D eigenvalue weighted by Crippen LogP contribution is -2.46.